The number of piperidine rings is 3. The molecule has 6 aliphatic rings. The van der Waals surface area contributed by atoms with Gasteiger partial charge >= 0.3 is 0 Å². The van der Waals surface area contributed by atoms with Gasteiger partial charge in [0.1, 0.15) is 5.54 Å². The Kier molecular flexibility index (Phi) is 1.98. The molecule has 1 aromatic rings. The molecule has 2 heteroatoms. The molecule has 1 atom stereocenters. The van der Waals surface area contributed by atoms with Crippen LogP contribution in [-0.4, -0.2) is 11.6 Å². The van der Waals surface area contributed by atoms with Gasteiger partial charge in [0.05, 0.1) is 19.3 Å². The van der Waals surface area contributed by atoms with E-state index in [2.05, 4.69) is 47.8 Å². The van der Waals surface area contributed by atoms with Gasteiger partial charge in [0, 0.05) is 11.5 Å². The van der Waals surface area contributed by atoms with Gasteiger partial charge in [0.25, 0.3) is 5.82 Å². The van der Waals surface area contributed by atoms with E-state index in [-0.39, 0.29) is 0 Å². The first-order chi connectivity index (χ1) is 8.67. The largest absolute Gasteiger partial charge is 0.276 e. The first kappa shape index (κ1) is 10.8. The summed E-state index contributed by atoms with van der Waals surface area (Å²) in [5.74, 6) is 1.42. The number of pyridine rings is 1. The Morgan fingerprint density at radius 2 is 1.78 bits per heavy atom. The van der Waals surface area contributed by atoms with Crippen molar-refractivity contribution < 1.29 is 4.57 Å². The SMILES string of the molecule is CC1N(c2cccc[n+]2C)C23CCC1(CC2)CC3. The molecule has 7 rings (SSSR count). The van der Waals surface area contributed by atoms with E-state index in [1.54, 1.807) is 0 Å². The fraction of sp³-hybridized carbons (Fsp3) is 0.688. The predicted molar refractivity (Wildman–Crippen MR) is 72.4 cm³/mol. The number of hydrogen-bond donors (Lipinski definition) is 0. The van der Waals surface area contributed by atoms with Crippen LogP contribution in [0.15, 0.2) is 24.4 Å². The summed E-state index contributed by atoms with van der Waals surface area (Å²) in [6.07, 6.45) is 10.9. The van der Waals surface area contributed by atoms with Crippen molar-refractivity contribution in [1.82, 2.24) is 0 Å². The lowest BCUT2D eigenvalue weighted by Gasteiger charge is -2.65. The van der Waals surface area contributed by atoms with Crippen LogP contribution in [-0.2, 0) is 7.05 Å². The van der Waals surface area contributed by atoms with Crippen LogP contribution < -0.4 is 9.47 Å². The third-order valence-corrected chi connectivity index (χ3v) is 6.32. The highest BCUT2D eigenvalue weighted by molar-refractivity contribution is 5.45. The molecule has 6 fully saturated rings. The Bertz CT molecular complexity index is 469. The lowest BCUT2D eigenvalue weighted by atomic mass is 9.49. The molecular weight excluding hydrogens is 220 g/mol. The molecule has 0 radical (unpaired) electrons. The molecule has 3 aliphatic heterocycles. The maximum atomic E-state index is 2.78. The summed E-state index contributed by atoms with van der Waals surface area (Å²) in [4.78, 5) is 2.78. The van der Waals surface area contributed by atoms with Crippen LogP contribution >= 0.6 is 0 Å². The normalized spacial score (nSPS) is 41.4. The van der Waals surface area contributed by atoms with Crippen molar-refractivity contribution in [3.05, 3.63) is 24.4 Å². The van der Waals surface area contributed by atoms with Crippen molar-refractivity contribution in [3.8, 4) is 0 Å². The zero-order valence-corrected chi connectivity index (χ0v) is 11.5. The van der Waals surface area contributed by atoms with Gasteiger partial charge in [0.2, 0.25) is 0 Å². The van der Waals surface area contributed by atoms with Crippen molar-refractivity contribution in [3.63, 3.8) is 0 Å². The lowest BCUT2D eigenvalue weighted by molar-refractivity contribution is -0.659. The summed E-state index contributed by atoms with van der Waals surface area (Å²) in [5, 5.41) is 0. The molecule has 3 saturated carbocycles. The third kappa shape index (κ3) is 1.12. The molecule has 2 bridgehead atoms. The van der Waals surface area contributed by atoms with Gasteiger partial charge in [-0.2, -0.15) is 0 Å². The highest BCUT2D eigenvalue weighted by atomic mass is 15.3. The number of rotatable bonds is 1. The molecular formula is C16H23N2+. The number of nitrogens with zero attached hydrogens (tertiary/aromatic N) is 2. The van der Waals surface area contributed by atoms with E-state index in [0.29, 0.717) is 11.0 Å². The second kappa shape index (κ2) is 3.28. The minimum atomic E-state index is 0.485. The molecule has 2 nitrogen and oxygen atoms in total. The Morgan fingerprint density at radius 1 is 1.11 bits per heavy atom. The zero-order valence-electron chi connectivity index (χ0n) is 11.5. The molecule has 0 aromatic carbocycles. The van der Waals surface area contributed by atoms with E-state index in [4.69, 9.17) is 0 Å². The maximum Gasteiger partial charge on any atom is 0.276 e. The molecule has 96 valence electrons. The van der Waals surface area contributed by atoms with Crippen LogP contribution in [0.4, 0.5) is 5.82 Å². The molecule has 0 amide bonds. The monoisotopic (exact) mass is 243 g/mol. The average molecular weight is 243 g/mol. The number of aromatic nitrogens is 1. The molecule has 1 unspecified atom stereocenters. The van der Waals surface area contributed by atoms with Crippen LogP contribution in [0.3, 0.4) is 0 Å². The smallest absolute Gasteiger partial charge is 0.253 e. The van der Waals surface area contributed by atoms with E-state index < -0.39 is 0 Å². The summed E-state index contributed by atoms with van der Waals surface area (Å²) in [7, 11) is 2.19. The van der Waals surface area contributed by atoms with Crippen molar-refractivity contribution >= 4 is 5.82 Å². The topological polar surface area (TPSA) is 7.12 Å². The Balaban J connectivity index is 1.85. The summed E-state index contributed by atoms with van der Waals surface area (Å²) < 4.78 is 2.30. The van der Waals surface area contributed by atoms with Crippen LogP contribution in [0.2, 0.25) is 0 Å². The zero-order chi connectivity index (χ0) is 12.4. The Morgan fingerprint density at radius 3 is 2.33 bits per heavy atom. The minimum Gasteiger partial charge on any atom is -0.253 e. The van der Waals surface area contributed by atoms with Crippen molar-refractivity contribution in [2.45, 2.75) is 57.0 Å². The quantitative estimate of drug-likeness (QED) is 0.688. The van der Waals surface area contributed by atoms with E-state index in [0.717, 1.165) is 6.04 Å². The van der Waals surface area contributed by atoms with Crippen LogP contribution in [0.1, 0.15) is 45.4 Å². The molecule has 1 aromatic heterocycles. The van der Waals surface area contributed by atoms with Crippen molar-refractivity contribution in [2.75, 3.05) is 4.90 Å². The predicted octanol–water partition coefficient (Wildman–Crippen LogP) is 2.81. The fourth-order valence-electron chi connectivity index (χ4n) is 5.07. The summed E-state index contributed by atoms with van der Waals surface area (Å²) in [5.41, 5.74) is 1.11. The van der Waals surface area contributed by atoms with Crippen LogP contribution in [0.5, 0.6) is 0 Å². The minimum absolute atomic E-state index is 0.485. The standard InChI is InChI=1S/C16H23N2/c1-13-15-6-9-16(10-7-15,11-8-15)18(13)14-5-3-4-12-17(14)2/h3-5,12-13H,6-11H2,1-2H3/q+1. The Hall–Kier alpha value is -1.05. The molecule has 18 heavy (non-hydrogen) atoms. The average Bonchev–Trinajstić information content (AvgIpc) is 2.42. The molecule has 0 N–H and O–H groups in total. The number of hydrogen-bond acceptors (Lipinski definition) is 1. The molecule has 3 aliphatic carbocycles. The first-order valence-corrected chi connectivity index (χ1v) is 7.41. The highest BCUT2D eigenvalue weighted by Crippen LogP contribution is 2.63. The maximum absolute atomic E-state index is 2.78. The van der Waals surface area contributed by atoms with E-state index >= 15 is 0 Å². The summed E-state index contributed by atoms with van der Waals surface area (Å²) in [6, 6.07) is 7.34. The van der Waals surface area contributed by atoms with Gasteiger partial charge in [-0.15, -0.1) is 0 Å². The van der Waals surface area contributed by atoms with Gasteiger partial charge in [0.15, 0.2) is 0 Å². The highest BCUT2D eigenvalue weighted by Gasteiger charge is 2.66. The van der Waals surface area contributed by atoms with E-state index in [1.165, 1.54) is 44.3 Å². The third-order valence-electron chi connectivity index (χ3n) is 6.32. The molecule has 4 heterocycles. The number of anilines is 1. The van der Waals surface area contributed by atoms with Crippen molar-refractivity contribution in [1.29, 1.82) is 0 Å². The second-order valence-electron chi connectivity index (χ2n) is 6.80. The summed E-state index contributed by atoms with van der Waals surface area (Å²) in [6.45, 7) is 2.47. The van der Waals surface area contributed by atoms with E-state index in [1.807, 2.05) is 0 Å². The van der Waals surface area contributed by atoms with Crippen molar-refractivity contribution in [2.24, 2.45) is 12.5 Å². The fourth-order valence-corrected chi connectivity index (χ4v) is 5.07. The van der Waals surface area contributed by atoms with Gasteiger partial charge in [-0.25, -0.2) is 4.57 Å². The second-order valence-corrected chi connectivity index (χ2v) is 6.80. The van der Waals surface area contributed by atoms with Crippen LogP contribution in [0.25, 0.3) is 0 Å². The van der Waals surface area contributed by atoms with Crippen LogP contribution in [0, 0.1) is 5.41 Å². The molecule has 0 spiro atoms. The lowest BCUT2D eigenvalue weighted by Crippen LogP contribution is -2.73. The van der Waals surface area contributed by atoms with Gasteiger partial charge < -0.3 is 0 Å². The first-order valence-electron chi connectivity index (χ1n) is 7.41. The molecule has 3 saturated heterocycles. The van der Waals surface area contributed by atoms with Gasteiger partial charge in [-0.05, 0) is 51.5 Å². The Labute approximate surface area is 110 Å². The summed E-state index contributed by atoms with van der Waals surface area (Å²) >= 11 is 0. The van der Waals surface area contributed by atoms with Gasteiger partial charge in [-0.1, -0.05) is 6.07 Å². The van der Waals surface area contributed by atoms with Gasteiger partial charge in [-0.3, -0.25) is 4.90 Å². The van der Waals surface area contributed by atoms with E-state index in [9.17, 15) is 0 Å². The number of aryl methyl sites for hydroxylation is 1.